The number of benzene rings is 2. The summed E-state index contributed by atoms with van der Waals surface area (Å²) < 4.78 is 35.5. The molecule has 0 bridgehead atoms. The normalized spacial score (nSPS) is 15.6. The number of amides is 4. The van der Waals surface area contributed by atoms with E-state index in [1.165, 1.54) is 24.3 Å². The smallest absolute Gasteiger partial charge is 0.338 e. The molecule has 1 N–H and O–H groups in total. The third kappa shape index (κ3) is 5.93. The first-order valence-corrected chi connectivity index (χ1v) is 14.7. The molecule has 14 heteroatoms. The molecule has 2 aromatic carbocycles. The summed E-state index contributed by atoms with van der Waals surface area (Å²) in [6, 6.07) is 11.5. The maximum absolute atomic E-state index is 13.3. The van der Waals surface area contributed by atoms with E-state index >= 15 is 0 Å². The number of urea groups is 1. The maximum atomic E-state index is 13.3. The van der Waals surface area contributed by atoms with Gasteiger partial charge in [-0.05, 0) is 69.3 Å². The van der Waals surface area contributed by atoms with Crippen molar-refractivity contribution in [2.75, 3.05) is 11.4 Å². The van der Waals surface area contributed by atoms with Gasteiger partial charge in [0.1, 0.15) is 21.3 Å². The number of hydrogen-bond donors (Lipinski definition) is 1. The number of allylic oxidation sites excluding steroid dienone is 4. The van der Waals surface area contributed by atoms with Gasteiger partial charge in [-0.15, -0.1) is 0 Å². The molecule has 4 rings (SSSR count). The standard InChI is InChI=1S/C30H28N4O9S/c1-4-31-25(35)23(27(37)33(29(31)39)20-9-7-6-8-10-20)17-11-19(3)12-18-24-26(36)32(5-2)30(40)34(28(24)38)21-13-15-22(16-14-21)44(41,42)43/h6-18,36H,4-5H2,1-3H3,(H,41,42,43)/p-1/b18-12+,19-11+,23-17+. The second-order valence-electron chi connectivity index (χ2n) is 9.49. The molecule has 44 heavy (non-hydrogen) atoms. The summed E-state index contributed by atoms with van der Waals surface area (Å²) in [6.07, 6.45) is 5.32. The van der Waals surface area contributed by atoms with Gasteiger partial charge in [0.25, 0.3) is 17.4 Å². The van der Waals surface area contributed by atoms with Crippen LogP contribution in [0.4, 0.5) is 10.5 Å². The van der Waals surface area contributed by atoms with E-state index in [0.29, 0.717) is 11.3 Å². The lowest BCUT2D eigenvalue weighted by Crippen LogP contribution is -2.56. The molecule has 2 heterocycles. The number of para-hydroxylation sites is 1. The van der Waals surface area contributed by atoms with E-state index in [0.717, 1.165) is 43.2 Å². The van der Waals surface area contributed by atoms with Crippen LogP contribution in [0, 0.1) is 0 Å². The van der Waals surface area contributed by atoms with E-state index in [2.05, 4.69) is 0 Å². The average molecular weight is 620 g/mol. The molecule has 1 fully saturated rings. The Hall–Kier alpha value is -5.34. The van der Waals surface area contributed by atoms with E-state index in [1.54, 1.807) is 51.1 Å². The van der Waals surface area contributed by atoms with Gasteiger partial charge in [0.15, 0.2) is 0 Å². The highest BCUT2D eigenvalue weighted by atomic mass is 32.2. The first-order valence-electron chi connectivity index (χ1n) is 13.3. The lowest BCUT2D eigenvalue weighted by molar-refractivity contribution is -0.128. The third-order valence-corrected chi connectivity index (χ3v) is 7.59. The molecule has 1 saturated heterocycles. The van der Waals surface area contributed by atoms with Gasteiger partial charge in [0.05, 0.1) is 16.3 Å². The molecular formula is C30H27N4O9S-. The Labute approximate surface area is 251 Å². The summed E-state index contributed by atoms with van der Waals surface area (Å²) in [6.45, 7) is 4.77. The second kappa shape index (κ2) is 12.5. The zero-order valence-electron chi connectivity index (χ0n) is 23.8. The average Bonchev–Trinajstić information content (AvgIpc) is 2.98. The van der Waals surface area contributed by atoms with Gasteiger partial charge in [-0.2, -0.15) is 0 Å². The van der Waals surface area contributed by atoms with Gasteiger partial charge in [0, 0.05) is 13.1 Å². The Kier molecular flexibility index (Phi) is 8.97. The topological polar surface area (TPSA) is 179 Å². The number of rotatable bonds is 8. The van der Waals surface area contributed by atoms with E-state index < -0.39 is 50.0 Å². The number of barbiturate groups is 1. The fourth-order valence-electron chi connectivity index (χ4n) is 4.44. The van der Waals surface area contributed by atoms with Gasteiger partial charge in [-0.3, -0.25) is 23.9 Å². The van der Waals surface area contributed by atoms with Crippen molar-refractivity contribution in [2.24, 2.45) is 0 Å². The zero-order valence-corrected chi connectivity index (χ0v) is 24.6. The molecule has 4 amide bonds. The Morgan fingerprint density at radius 3 is 2.09 bits per heavy atom. The molecule has 3 aromatic rings. The Morgan fingerprint density at radius 1 is 0.886 bits per heavy atom. The van der Waals surface area contributed by atoms with Crippen LogP contribution in [0.15, 0.2) is 98.5 Å². The molecule has 1 aliphatic heterocycles. The van der Waals surface area contributed by atoms with Crippen LogP contribution < -0.4 is 16.1 Å². The molecule has 0 radical (unpaired) electrons. The van der Waals surface area contributed by atoms with Crippen molar-refractivity contribution >= 4 is 39.7 Å². The largest absolute Gasteiger partial charge is 0.744 e. The second-order valence-corrected chi connectivity index (χ2v) is 10.9. The Morgan fingerprint density at radius 2 is 1.52 bits per heavy atom. The summed E-state index contributed by atoms with van der Waals surface area (Å²) in [5, 5.41) is 10.7. The number of anilines is 1. The van der Waals surface area contributed by atoms with Crippen molar-refractivity contribution in [3.05, 3.63) is 110 Å². The van der Waals surface area contributed by atoms with Crippen LogP contribution >= 0.6 is 0 Å². The first kappa shape index (κ1) is 31.6. The lowest BCUT2D eigenvalue weighted by atomic mass is 10.1. The van der Waals surface area contributed by atoms with Crippen LogP contribution in [0.25, 0.3) is 11.8 Å². The molecule has 0 unspecified atom stereocenters. The molecule has 0 atom stereocenters. The summed E-state index contributed by atoms with van der Waals surface area (Å²) >= 11 is 0. The summed E-state index contributed by atoms with van der Waals surface area (Å²) in [7, 11) is -4.76. The summed E-state index contributed by atoms with van der Waals surface area (Å²) in [4.78, 5) is 66.7. The fraction of sp³-hybridized carbons (Fsp3) is 0.167. The lowest BCUT2D eigenvalue weighted by Gasteiger charge is -2.33. The predicted octanol–water partition coefficient (Wildman–Crippen LogP) is 2.53. The van der Waals surface area contributed by atoms with Crippen molar-refractivity contribution in [2.45, 2.75) is 32.2 Å². The highest BCUT2D eigenvalue weighted by Crippen LogP contribution is 2.25. The number of carbonyl (C=O) groups excluding carboxylic acids is 3. The summed E-state index contributed by atoms with van der Waals surface area (Å²) in [5.74, 6) is -2.20. The monoisotopic (exact) mass is 619 g/mol. The van der Waals surface area contributed by atoms with Gasteiger partial charge in [-0.1, -0.05) is 35.9 Å². The number of nitrogens with zero attached hydrogens (tertiary/aromatic N) is 4. The SMILES string of the molecule is CCN1C(=O)\C(=C/C=C(C)/C=C/c2c(O)n(CC)c(=O)n(-c3ccc(S(=O)(=O)[O-])cc3)c2=O)C(=O)N(c2ccccc2)C1=O. The zero-order chi connectivity index (χ0) is 32.3. The van der Waals surface area contributed by atoms with Crippen molar-refractivity contribution in [3.8, 4) is 11.6 Å². The highest BCUT2D eigenvalue weighted by molar-refractivity contribution is 7.85. The van der Waals surface area contributed by atoms with E-state index in [1.807, 2.05) is 0 Å². The van der Waals surface area contributed by atoms with E-state index in [9.17, 15) is 42.0 Å². The number of imide groups is 2. The number of hydrogen-bond acceptors (Lipinski definition) is 9. The third-order valence-electron chi connectivity index (χ3n) is 6.74. The summed E-state index contributed by atoms with van der Waals surface area (Å²) in [5.41, 5.74) is -1.68. The van der Waals surface area contributed by atoms with Crippen LogP contribution in [0.5, 0.6) is 5.88 Å². The molecule has 13 nitrogen and oxygen atoms in total. The maximum Gasteiger partial charge on any atom is 0.338 e. The van der Waals surface area contributed by atoms with Crippen LogP contribution in [-0.2, 0) is 26.3 Å². The van der Waals surface area contributed by atoms with Crippen molar-refractivity contribution in [1.82, 2.24) is 14.0 Å². The molecule has 0 aliphatic carbocycles. The fourth-order valence-corrected chi connectivity index (χ4v) is 4.91. The van der Waals surface area contributed by atoms with Gasteiger partial charge >= 0.3 is 11.7 Å². The van der Waals surface area contributed by atoms with Crippen molar-refractivity contribution < 1.29 is 32.5 Å². The highest BCUT2D eigenvalue weighted by Gasteiger charge is 2.41. The molecule has 0 saturated carbocycles. The molecule has 0 spiro atoms. The number of aromatic nitrogens is 2. The van der Waals surface area contributed by atoms with E-state index in [4.69, 9.17) is 0 Å². The van der Waals surface area contributed by atoms with Gasteiger partial charge in [0.2, 0.25) is 5.88 Å². The van der Waals surface area contributed by atoms with E-state index in [-0.39, 0.29) is 29.9 Å². The molecule has 1 aromatic heterocycles. The molecule has 1 aliphatic rings. The Balaban J connectivity index is 1.74. The Bertz CT molecular complexity index is 1970. The minimum absolute atomic E-state index is 0.0193. The minimum atomic E-state index is -4.76. The molecule has 228 valence electrons. The number of likely N-dealkylation sites (N-methyl/N-ethyl adjacent to an activating group) is 1. The number of carbonyl (C=O) groups is 3. The quantitative estimate of drug-likeness (QED) is 0.172. The minimum Gasteiger partial charge on any atom is -0.744 e. The van der Waals surface area contributed by atoms with Crippen LogP contribution in [0.1, 0.15) is 26.3 Å². The van der Waals surface area contributed by atoms with Crippen molar-refractivity contribution in [3.63, 3.8) is 0 Å². The van der Waals surface area contributed by atoms with Crippen molar-refractivity contribution in [1.29, 1.82) is 0 Å². The van der Waals surface area contributed by atoms with Crippen LogP contribution in [0.2, 0.25) is 0 Å². The predicted molar refractivity (Wildman–Crippen MR) is 159 cm³/mol. The number of aromatic hydroxyl groups is 1. The van der Waals surface area contributed by atoms with Crippen LogP contribution in [-0.4, -0.2) is 56.5 Å². The van der Waals surface area contributed by atoms with Crippen LogP contribution in [0.3, 0.4) is 0 Å². The van der Waals surface area contributed by atoms with Gasteiger partial charge < -0.3 is 9.66 Å². The first-order chi connectivity index (χ1) is 20.8. The van der Waals surface area contributed by atoms with Gasteiger partial charge in [-0.25, -0.2) is 27.5 Å². The molecular weight excluding hydrogens is 592 g/mol.